The lowest BCUT2D eigenvalue weighted by Gasteiger charge is -2.23. The van der Waals surface area contributed by atoms with E-state index in [0.29, 0.717) is 46.9 Å². The van der Waals surface area contributed by atoms with Crippen molar-refractivity contribution >= 4 is 40.7 Å². The molecule has 4 N–H and O–H groups in total. The molecule has 3 fully saturated rings. The Kier molecular flexibility index (Phi) is 6.69. The van der Waals surface area contributed by atoms with Gasteiger partial charge < -0.3 is 26.0 Å². The highest BCUT2D eigenvalue weighted by Crippen LogP contribution is 2.45. The van der Waals surface area contributed by atoms with E-state index < -0.39 is 0 Å². The summed E-state index contributed by atoms with van der Waals surface area (Å²) in [6.45, 7) is 2.83. The maximum absolute atomic E-state index is 12.9. The number of rotatable bonds is 6. The Bertz CT molecular complexity index is 1120. The van der Waals surface area contributed by atoms with Crippen molar-refractivity contribution in [3.05, 3.63) is 58.1 Å². The van der Waals surface area contributed by atoms with Crippen LogP contribution in [0.2, 0.25) is 5.02 Å². The molecule has 9 heteroatoms. The van der Waals surface area contributed by atoms with Crippen molar-refractivity contribution in [2.45, 2.75) is 37.6 Å². The molecule has 34 heavy (non-hydrogen) atoms. The van der Waals surface area contributed by atoms with Crippen LogP contribution < -0.4 is 21.3 Å². The first kappa shape index (κ1) is 22.7. The van der Waals surface area contributed by atoms with Gasteiger partial charge in [0.2, 0.25) is 0 Å². The van der Waals surface area contributed by atoms with Gasteiger partial charge in [-0.05, 0) is 67.5 Å². The van der Waals surface area contributed by atoms with E-state index in [1.165, 1.54) is 0 Å². The highest BCUT2D eigenvalue weighted by atomic mass is 35.5. The van der Waals surface area contributed by atoms with Crippen molar-refractivity contribution in [1.29, 1.82) is 0 Å². The fraction of sp³-hybridized carbons (Fsp3) is 0.400. The lowest BCUT2D eigenvalue weighted by Crippen LogP contribution is -2.39. The zero-order valence-electron chi connectivity index (χ0n) is 18.8. The molecule has 0 aromatic heterocycles. The zero-order chi connectivity index (χ0) is 23.5. The van der Waals surface area contributed by atoms with Crippen LogP contribution in [0, 0.1) is 0 Å². The van der Waals surface area contributed by atoms with Crippen LogP contribution in [-0.2, 0) is 4.74 Å². The second-order valence-electron chi connectivity index (χ2n) is 8.85. The molecule has 0 atom stereocenters. The Hall–Kier alpha value is -3.10. The van der Waals surface area contributed by atoms with E-state index in [-0.39, 0.29) is 17.9 Å². The SMILES string of the molecule is O=C(N=C1NCCN1)c1ccc(Nc2cccc(C(=O)NC3CCOCC3)c2Cl)c(C2CC2)c1. The van der Waals surface area contributed by atoms with Gasteiger partial charge >= 0.3 is 0 Å². The zero-order valence-corrected chi connectivity index (χ0v) is 19.6. The Morgan fingerprint density at radius 3 is 2.50 bits per heavy atom. The van der Waals surface area contributed by atoms with Crippen LogP contribution in [0.5, 0.6) is 0 Å². The molecule has 2 aliphatic heterocycles. The first-order valence-electron chi connectivity index (χ1n) is 11.8. The summed E-state index contributed by atoms with van der Waals surface area (Å²) in [5.74, 6) is 0.444. The molecule has 0 spiro atoms. The van der Waals surface area contributed by atoms with Gasteiger partial charge in [0.25, 0.3) is 11.8 Å². The second-order valence-corrected chi connectivity index (χ2v) is 9.23. The van der Waals surface area contributed by atoms with E-state index in [1.54, 1.807) is 12.1 Å². The third-order valence-corrected chi connectivity index (χ3v) is 6.72. The number of carbonyl (C=O) groups is 2. The van der Waals surface area contributed by atoms with E-state index in [4.69, 9.17) is 16.3 Å². The summed E-state index contributed by atoms with van der Waals surface area (Å²) < 4.78 is 5.37. The van der Waals surface area contributed by atoms with Crippen molar-refractivity contribution in [3.8, 4) is 0 Å². The van der Waals surface area contributed by atoms with Crippen LogP contribution in [-0.4, -0.2) is 50.1 Å². The van der Waals surface area contributed by atoms with Gasteiger partial charge in [0, 0.05) is 43.6 Å². The number of amides is 2. The fourth-order valence-corrected chi connectivity index (χ4v) is 4.52. The minimum Gasteiger partial charge on any atom is -0.381 e. The fourth-order valence-electron chi connectivity index (χ4n) is 4.27. The van der Waals surface area contributed by atoms with Gasteiger partial charge in [-0.15, -0.1) is 0 Å². The molecule has 8 nitrogen and oxygen atoms in total. The number of aliphatic imine (C=N–C) groups is 1. The minimum atomic E-state index is -0.282. The molecule has 0 radical (unpaired) electrons. The van der Waals surface area contributed by atoms with Crippen molar-refractivity contribution in [3.63, 3.8) is 0 Å². The molecule has 2 heterocycles. The van der Waals surface area contributed by atoms with Crippen molar-refractivity contribution in [2.24, 2.45) is 4.99 Å². The predicted octanol–water partition coefficient (Wildman–Crippen LogP) is 3.56. The third kappa shape index (κ3) is 5.18. The summed E-state index contributed by atoms with van der Waals surface area (Å²) in [4.78, 5) is 29.6. The number of anilines is 2. The summed E-state index contributed by atoms with van der Waals surface area (Å²) in [5.41, 5.74) is 3.58. The lowest BCUT2D eigenvalue weighted by molar-refractivity contribution is 0.0696. The molecule has 2 saturated heterocycles. The maximum atomic E-state index is 12.9. The molecule has 1 aliphatic carbocycles. The minimum absolute atomic E-state index is 0.0960. The smallest absolute Gasteiger partial charge is 0.280 e. The normalized spacial score (nSPS) is 18.1. The number of carbonyl (C=O) groups excluding carboxylic acids is 2. The summed E-state index contributed by atoms with van der Waals surface area (Å²) in [7, 11) is 0. The van der Waals surface area contributed by atoms with E-state index in [2.05, 4.69) is 26.3 Å². The first-order valence-corrected chi connectivity index (χ1v) is 12.1. The van der Waals surface area contributed by atoms with Gasteiger partial charge in [0.05, 0.1) is 16.3 Å². The summed E-state index contributed by atoms with van der Waals surface area (Å²) in [6, 6.07) is 11.1. The summed E-state index contributed by atoms with van der Waals surface area (Å²) in [5, 5.41) is 12.9. The van der Waals surface area contributed by atoms with Crippen LogP contribution in [0.15, 0.2) is 41.4 Å². The van der Waals surface area contributed by atoms with Crippen LogP contribution in [0.3, 0.4) is 0 Å². The van der Waals surface area contributed by atoms with Crippen LogP contribution >= 0.6 is 11.6 Å². The van der Waals surface area contributed by atoms with Gasteiger partial charge in [0.1, 0.15) is 0 Å². The lowest BCUT2D eigenvalue weighted by atomic mass is 10.0. The highest BCUT2D eigenvalue weighted by molar-refractivity contribution is 6.36. The van der Waals surface area contributed by atoms with Gasteiger partial charge in [-0.3, -0.25) is 9.59 Å². The Morgan fingerprint density at radius 1 is 1.00 bits per heavy atom. The molecular formula is C25H28ClN5O3. The molecule has 2 aromatic rings. The largest absolute Gasteiger partial charge is 0.381 e. The number of hydrogen-bond donors (Lipinski definition) is 4. The van der Waals surface area contributed by atoms with Gasteiger partial charge in [-0.25, -0.2) is 0 Å². The average Bonchev–Trinajstić information content (AvgIpc) is 3.57. The number of nitrogens with one attached hydrogen (secondary N) is 4. The van der Waals surface area contributed by atoms with Crippen molar-refractivity contribution in [1.82, 2.24) is 16.0 Å². The van der Waals surface area contributed by atoms with E-state index in [0.717, 1.165) is 50.0 Å². The van der Waals surface area contributed by atoms with Gasteiger partial charge in [-0.1, -0.05) is 17.7 Å². The van der Waals surface area contributed by atoms with Gasteiger partial charge in [-0.2, -0.15) is 4.99 Å². The number of benzene rings is 2. The number of guanidine groups is 1. The quantitative estimate of drug-likeness (QED) is 0.503. The summed E-state index contributed by atoms with van der Waals surface area (Å²) >= 11 is 6.66. The number of ether oxygens (including phenoxy) is 1. The van der Waals surface area contributed by atoms with Crippen LogP contribution in [0.4, 0.5) is 11.4 Å². The second kappa shape index (κ2) is 10.0. The molecule has 178 valence electrons. The molecule has 5 rings (SSSR count). The number of hydrogen-bond acceptors (Lipinski definition) is 4. The molecule has 3 aliphatic rings. The van der Waals surface area contributed by atoms with E-state index >= 15 is 0 Å². The molecule has 2 aromatic carbocycles. The molecule has 1 saturated carbocycles. The Labute approximate surface area is 203 Å². The highest BCUT2D eigenvalue weighted by Gasteiger charge is 2.28. The molecular weight excluding hydrogens is 454 g/mol. The third-order valence-electron chi connectivity index (χ3n) is 6.31. The van der Waals surface area contributed by atoms with E-state index in [1.807, 2.05) is 24.3 Å². The average molecular weight is 482 g/mol. The predicted molar refractivity (Wildman–Crippen MR) is 132 cm³/mol. The molecule has 2 amide bonds. The summed E-state index contributed by atoms with van der Waals surface area (Å²) in [6.07, 6.45) is 3.75. The standard InChI is InChI=1S/C25H28ClN5O3/c26-22-18(24(33)29-17-8-12-34-13-9-17)2-1-3-21(22)30-20-7-6-16(14-19(20)15-4-5-15)23(32)31-25-27-10-11-28-25/h1-3,6-7,14-15,17,30H,4-5,8-13H2,(H,29,33)(H2,27,28,31,32). The number of nitrogens with zero attached hydrogens (tertiary/aromatic N) is 1. The Morgan fingerprint density at radius 2 is 1.76 bits per heavy atom. The topological polar surface area (TPSA) is 104 Å². The monoisotopic (exact) mass is 481 g/mol. The van der Waals surface area contributed by atoms with Crippen molar-refractivity contribution in [2.75, 3.05) is 31.6 Å². The van der Waals surface area contributed by atoms with E-state index in [9.17, 15) is 9.59 Å². The van der Waals surface area contributed by atoms with Gasteiger partial charge in [0.15, 0.2) is 5.96 Å². The van der Waals surface area contributed by atoms with Crippen LogP contribution in [0.1, 0.15) is 57.9 Å². The molecule has 0 bridgehead atoms. The molecule has 0 unspecified atom stereocenters. The van der Waals surface area contributed by atoms with Crippen LogP contribution in [0.25, 0.3) is 0 Å². The first-order chi connectivity index (χ1) is 16.6. The Balaban J connectivity index is 1.35. The number of halogens is 1. The van der Waals surface area contributed by atoms with Crippen molar-refractivity contribution < 1.29 is 14.3 Å². The maximum Gasteiger partial charge on any atom is 0.280 e.